The van der Waals surface area contributed by atoms with Gasteiger partial charge in [-0.2, -0.15) is 0 Å². The average Bonchev–Trinajstić information content (AvgIpc) is 3.24. The number of rotatable bonds is 4. The molecule has 0 bridgehead atoms. The van der Waals surface area contributed by atoms with Gasteiger partial charge in [0.25, 0.3) is 0 Å². The number of nitrogens with one attached hydrogen (secondary N) is 1. The number of para-hydroxylation sites is 1. The number of aliphatic imine (C=N–C) groups is 1. The molecule has 2 unspecified atom stereocenters. The van der Waals surface area contributed by atoms with E-state index in [9.17, 15) is 0 Å². The first-order valence-corrected chi connectivity index (χ1v) is 8.54. The van der Waals surface area contributed by atoms with E-state index < -0.39 is 0 Å². The fourth-order valence-electron chi connectivity index (χ4n) is 2.95. The minimum Gasteiger partial charge on any atom is -0.490 e. The third-order valence-corrected chi connectivity index (χ3v) is 4.52. The fraction of sp³-hybridized carbons (Fsp3) is 0.611. The van der Waals surface area contributed by atoms with Crippen LogP contribution in [0.3, 0.4) is 0 Å². The maximum Gasteiger partial charge on any atom is 0.194 e. The molecule has 1 saturated heterocycles. The van der Waals surface area contributed by atoms with Crippen LogP contribution < -0.4 is 10.1 Å². The normalized spacial score (nSPS) is 24.8. The van der Waals surface area contributed by atoms with E-state index in [4.69, 9.17) is 4.74 Å². The van der Waals surface area contributed by atoms with Crippen molar-refractivity contribution in [1.29, 1.82) is 0 Å². The van der Waals surface area contributed by atoms with Gasteiger partial charge >= 0.3 is 0 Å². The molecule has 0 aromatic heterocycles. The first-order valence-electron chi connectivity index (χ1n) is 8.54. The summed E-state index contributed by atoms with van der Waals surface area (Å²) in [5, 5.41) is 3.61. The molecule has 5 heteroatoms. The minimum absolute atomic E-state index is 0. The quantitative estimate of drug-likeness (QED) is 0.452. The molecule has 1 aliphatic carbocycles. The molecule has 1 aromatic carbocycles. The van der Waals surface area contributed by atoms with E-state index in [2.05, 4.69) is 29.1 Å². The lowest BCUT2D eigenvalue weighted by atomic mass is 10.1. The predicted molar refractivity (Wildman–Crippen MR) is 106 cm³/mol. The summed E-state index contributed by atoms with van der Waals surface area (Å²) in [5.74, 6) is 2.87. The van der Waals surface area contributed by atoms with Crippen LogP contribution in [0.5, 0.6) is 5.75 Å². The lowest BCUT2D eigenvalue weighted by Gasteiger charge is -2.34. The lowest BCUT2D eigenvalue weighted by molar-refractivity contribution is 0.129. The highest BCUT2D eigenvalue weighted by atomic mass is 127. The standard InChI is InChI=1S/C18H27N3O.HI/c1-3-19-18(20-17-13-14(17)2)21-11-9-16(10-12-21)22-15-7-5-4-6-8-15;/h4-8,14,16-17H,3,9-13H2,1-2H3,(H,19,20);1H. The Morgan fingerprint density at radius 2 is 1.91 bits per heavy atom. The number of hydrogen-bond acceptors (Lipinski definition) is 2. The Balaban J connectivity index is 0.00000192. The van der Waals surface area contributed by atoms with Crippen molar-refractivity contribution in [2.75, 3.05) is 19.6 Å². The first kappa shape index (κ1) is 18.4. The third-order valence-electron chi connectivity index (χ3n) is 4.52. The molecule has 3 rings (SSSR count). The summed E-state index contributed by atoms with van der Waals surface area (Å²) in [6, 6.07) is 10.8. The van der Waals surface area contributed by atoms with Crippen molar-refractivity contribution in [1.82, 2.24) is 10.2 Å². The topological polar surface area (TPSA) is 36.9 Å². The molecule has 2 aliphatic rings. The molecule has 2 atom stereocenters. The van der Waals surface area contributed by atoms with Crippen LogP contribution in [0, 0.1) is 5.92 Å². The molecule has 1 heterocycles. The second-order valence-corrected chi connectivity index (χ2v) is 6.38. The first-order chi connectivity index (χ1) is 10.8. The van der Waals surface area contributed by atoms with Gasteiger partial charge in [-0.1, -0.05) is 25.1 Å². The number of piperidine rings is 1. The number of likely N-dealkylation sites (tertiary alicyclic amines) is 1. The summed E-state index contributed by atoms with van der Waals surface area (Å²) in [6.07, 6.45) is 3.71. The molecular weight excluding hydrogens is 401 g/mol. The Hall–Kier alpha value is -0.980. The highest BCUT2D eigenvalue weighted by Crippen LogP contribution is 2.29. The predicted octanol–water partition coefficient (Wildman–Crippen LogP) is 3.52. The molecule has 2 fully saturated rings. The SMILES string of the molecule is CCN=C(NC1CC1C)N1CCC(Oc2ccccc2)CC1.I. The number of guanidine groups is 1. The average molecular weight is 429 g/mol. The highest BCUT2D eigenvalue weighted by molar-refractivity contribution is 14.0. The lowest BCUT2D eigenvalue weighted by Crippen LogP contribution is -2.48. The summed E-state index contributed by atoms with van der Waals surface area (Å²) < 4.78 is 6.07. The van der Waals surface area contributed by atoms with Crippen LogP contribution in [0.25, 0.3) is 0 Å². The summed E-state index contributed by atoms with van der Waals surface area (Å²) in [4.78, 5) is 7.05. The molecule has 0 amide bonds. The molecule has 0 spiro atoms. The molecule has 0 radical (unpaired) electrons. The molecule has 23 heavy (non-hydrogen) atoms. The van der Waals surface area contributed by atoms with Crippen LogP contribution in [0.1, 0.15) is 33.1 Å². The zero-order valence-corrected chi connectivity index (χ0v) is 16.4. The molecule has 128 valence electrons. The van der Waals surface area contributed by atoms with Gasteiger partial charge in [0.1, 0.15) is 11.9 Å². The van der Waals surface area contributed by atoms with Crippen molar-refractivity contribution in [3.8, 4) is 5.75 Å². The Morgan fingerprint density at radius 3 is 2.48 bits per heavy atom. The smallest absolute Gasteiger partial charge is 0.194 e. The van der Waals surface area contributed by atoms with Gasteiger partial charge in [0, 0.05) is 38.5 Å². The Labute approximate surface area is 156 Å². The van der Waals surface area contributed by atoms with Crippen molar-refractivity contribution < 1.29 is 4.74 Å². The van der Waals surface area contributed by atoms with Crippen LogP contribution in [-0.2, 0) is 0 Å². The van der Waals surface area contributed by atoms with E-state index in [-0.39, 0.29) is 24.0 Å². The van der Waals surface area contributed by atoms with E-state index in [0.29, 0.717) is 12.1 Å². The number of benzene rings is 1. The van der Waals surface area contributed by atoms with Gasteiger partial charge in [-0.25, -0.2) is 0 Å². The van der Waals surface area contributed by atoms with E-state index >= 15 is 0 Å². The fourth-order valence-corrected chi connectivity index (χ4v) is 2.95. The summed E-state index contributed by atoms with van der Waals surface area (Å²) >= 11 is 0. The van der Waals surface area contributed by atoms with Crippen molar-refractivity contribution in [3.63, 3.8) is 0 Å². The van der Waals surface area contributed by atoms with Gasteiger partial charge in [-0.05, 0) is 31.4 Å². The third kappa shape index (κ3) is 5.26. The summed E-state index contributed by atoms with van der Waals surface area (Å²) in [5.41, 5.74) is 0. The Morgan fingerprint density at radius 1 is 1.26 bits per heavy atom. The van der Waals surface area contributed by atoms with Gasteiger partial charge in [0.2, 0.25) is 0 Å². The van der Waals surface area contributed by atoms with Crippen LogP contribution in [0.2, 0.25) is 0 Å². The minimum atomic E-state index is 0. The molecular formula is C18H28IN3O. The van der Waals surface area contributed by atoms with E-state index in [1.807, 2.05) is 30.3 Å². The Kier molecular flexibility index (Phi) is 6.99. The zero-order chi connectivity index (χ0) is 15.4. The summed E-state index contributed by atoms with van der Waals surface area (Å²) in [6.45, 7) is 7.27. The number of nitrogens with zero attached hydrogens (tertiary/aromatic N) is 2. The van der Waals surface area contributed by atoms with Crippen LogP contribution >= 0.6 is 24.0 Å². The van der Waals surface area contributed by atoms with E-state index in [1.165, 1.54) is 6.42 Å². The largest absolute Gasteiger partial charge is 0.490 e. The monoisotopic (exact) mass is 429 g/mol. The molecule has 4 nitrogen and oxygen atoms in total. The molecule has 1 aliphatic heterocycles. The maximum absolute atomic E-state index is 6.07. The van der Waals surface area contributed by atoms with Gasteiger partial charge < -0.3 is 15.0 Å². The van der Waals surface area contributed by atoms with Gasteiger partial charge in [-0.3, -0.25) is 4.99 Å². The van der Waals surface area contributed by atoms with Crippen molar-refractivity contribution in [2.45, 2.75) is 45.3 Å². The number of hydrogen-bond donors (Lipinski definition) is 1. The van der Waals surface area contributed by atoms with E-state index in [0.717, 1.165) is 50.1 Å². The molecule has 1 aromatic rings. The van der Waals surface area contributed by atoms with Crippen molar-refractivity contribution in [3.05, 3.63) is 30.3 Å². The molecule has 1 saturated carbocycles. The molecule has 1 N–H and O–H groups in total. The van der Waals surface area contributed by atoms with Crippen molar-refractivity contribution >= 4 is 29.9 Å². The second-order valence-electron chi connectivity index (χ2n) is 6.38. The summed E-state index contributed by atoms with van der Waals surface area (Å²) in [7, 11) is 0. The maximum atomic E-state index is 6.07. The van der Waals surface area contributed by atoms with Gasteiger partial charge in [-0.15, -0.1) is 24.0 Å². The Bertz CT molecular complexity index is 500. The van der Waals surface area contributed by atoms with Crippen LogP contribution in [0.4, 0.5) is 0 Å². The highest BCUT2D eigenvalue weighted by Gasteiger charge is 2.34. The van der Waals surface area contributed by atoms with Gasteiger partial charge in [0.15, 0.2) is 5.96 Å². The van der Waals surface area contributed by atoms with Crippen LogP contribution in [-0.4, -0.2) is 42.6 Å². The van der Waals surface area contributed by atoms with Crippen molar-refractivity contribution in [2.24, 2.45) is 10.9 Å². The van der Waals surface area contributed by atoms with Crippen LogP contribution in [0.15, 0.2) is 35.3 Å². The van der Waals surface area contributed by atoms with Gasteiger partial charge in [0.05, 0.1) is 0 Å². The number of halogens is 1. The van der Waals surface area contributed by atoms with E-state index in [1.54, 1.807) is 0 Å². The second kappa shape index (κ2) is 8.76. The number of ether oxygens (including phenoxy) is 1. The zero-order valence-electron chi connectivity index (χ0n) is 14.1.